The molecule has 0 aliphatic rings. The first kappa shape index (κ1) is 13.7. The molecular weight excluding hydrogens is 247 g/mol. The Labute approximate surface area is 106 Å². The molecule has 3 N–H and O–H groups in total. The third-order valence-corrected chi connectivity index (χ3v) is 3.24. The third kappa shape index (κ3) is 2.87. The lowest BCUT2D eigenvalue weighted by Gasteiger charge is -2.33. The number of nitrogens with two attached hydrogens (primary N) is 1. The van der Waals surface area contributed by atoms with Gasteiger partial charge in [-0.1, -0.05) is 23.2 Å². The lowest BCUT2D eigenvalue weighted by molar-refractivity contribution is -0.0111. The van der Waals surface area contributed by atoms with Crippen LogP contribution >= 0.6 is 23.2 Å². The Morgan fingerprint density at radius 3 is 2.50 bits per heavy atom. The van der Waals surface area contributed by atoms with E-state index in [1.165, 1.54) is 0 Å². The summed E-state index contributed by atoms with van der Waals surface area (Å²) in [7, 11) is 1.63. The second-order valence-electron chi connectivity index (χ2n) is 4.07. The lowest BCUT2D eigenvalue weighted by atomic mass is 9.92. The van der Waals surface area contributed by atoms with Crippen LogP contribution in [0, 0.1) is 0 Å². The van der Waals surface area contributed by atoms with Gasteiger partial charge >= 0.3 is 0 Å². The van der Waals surface area contributed by atoms with Gasteiger partial charge in [-0.05, 0) is 37.6 Å². The van der Waals surface area contributed by atoms with E-state index in [0.29, 0.717) is 10.0 Å². The zero-order valence-corrected chi connectivity index (χ0v) is 11.1. The fraction of sp³-hybridized carbons (Fsp3) is 0.455. The number of hydrogen-bond donors (Lipinski definition) is 2. The molecule has 5 heteroatoms. The minimum absolute atomic E-state index is 0.233. The quantitative estimate of drug-likeness (QED) is 0.648. The average Bonchev–Trinajstić information content (AvgIpc) is 2.24. The molecule has 1 unspecified atom stereocenters. The molecule has 0 aliphatic carbocycles. The van der Waals surface area contributed by atoms with Crippen LogP contribution < -0.4 is 11.3 Å². The second-order valence-corrected chi connectivity index (χ2v) is 4.92. The van der Waals surface area contributed by atoms with Crippen LogP contribution in [-0.2, 0) is 4.74 Å². The third-order valence-electron chi connectivity index (χ3n) is 2.66. The van der Waals surface area contributed by atoms with Gasteiger partial charge in [-0.2, -0.15) is 0 Å². The summed E-state index contributed by atoms with van der Waals surface area (Å²) in [6, 6.07) is 5.04. The van der Waals surface area contributed by atoms with E-state index in [0.717, 1.165) is 5.56 Å². The number of hydrogen-bond acceptors (Lipinski definition) is 3. The summed E-state index contributed by atoms with van der Waals surface area (Å²) in [6.45, 7) is 3.85. The van der Waals surface area contributed by atoms with E-state index in [2.05, 4.69) is 5.43 Å². The van der Waals surface area contributed by atoms with Crippen molar-refractivity contribution in [1.82, 2.24) is 5.43 Å². The van der Waals surface area contributed by atoms with E-state index in [9.17, 15) is 0 Å². The maximum absolute atomic E-state index is 6.12. The molecule has 0 spiro atoms. The molecule has 0 saturated heterocycles. The number of benzene rings is 1. The van der Waals surface area contributed by atoms with Crippen LogP contribution in [0.4, 0.5) is 0 Å². The van der Waals surface area contributed by atoms with Crippen LogP contribution in [0.15, 0.2) is 18.2 Å². The molecule has 0 aliphatic heterocycles. The van der Waals surface area contributed by atoms with E-state index in [1.54, 1.807) is 25.3 Å². The van der Waals surface area contributed by atoms with Gasteiger partial charge in [0.15, 0.2) is 0 Å². The topological polar surface area (TPSA) is 47.3 Å². The first-order valence-electron chi connectivity index (χ1n) is 4.88. The summed E-state index contributed by atoms with van der Waals surface area (Å²) < 4.78 is 5.40. The van der Waals surface area contributed by atoms with Gasteiger partial charge in [0.25, 0.3) is 0 Å². The van der Waals surface area contributed by atoms with Gasteiger partial charge in [0.2, 0.25) is 0 Å². The summed E-state index contributed by atoms with van der Waals surface area (Å²) in [6.07, 6.45) is 0. The first-order valence-corrected chi connectivity index (χ1v) is 5.64. The molecule has 1 aromatic carbocycles. The summed E-state index contributed by atoms with van der Waals surface area (Å²) in [5, 5.41) is 1.23. The molecule has 0 radical (unpaired) electrons. The Hall–Kier alpha value is -0.320. The predicted molar refractivity (Wildman–Crippen MR) is 67.6 cm³/mol. The standard InChI is InChI=1S/C11H16Cl2N2O/c1-11(2,16-3)10(15-14)8-6-7(12)4-5-9(8)13/h4-6,10,15H,14H2,1-3H3. The zero-order valence-electron chi connectivity index (χ0n) is 9.55. The van der Waals surface area contributed by atoms with Crippen molar-refractivity contribution in [2.24, 2.45) is 5.84 Å². The maximum atomic E-state index is 6.12. The Balaban J connectivity index is 3.18. The van der Waals surface area contributed by atoms with Gasteiger partial charge in [0.05, 0.1) is 11.6 Å². The molecule has 0 saturated carbocycles. The Morgan fingerprint density at radius 1 is 1.38 bits per heavy atom. The van der Waals surface area contributed by atoms with Crippen molar-refractivity contribution >= 4 is 23.2 Å². The van der Waals surface area contributed by atoms with Crippen molar-refractivity contribution in [3.63, 3.8) is 0 Å². The van der Waals surface area contributed by atoms with Gasteiger partial charge in [0.1, 0.15) is 0 Å². The molecule has 16 heavy (non-hydrogen) atoms. The lowest BCUT2D eigenvalue weighted by Crippen LogP contribution is -2.44. The molecular formula is C11H16Cl2N2O. The molecule has 0 aromatic heterocycles. The van der Waals surface area contributed by atoms with Crippen LogP contribution in [0.25, 0.3) is 0 Å². The maximum Gasteiger partial charge on any atom is 0.0830 e. The molecule has 0 amide bonds. The number of hydrazine groups is 1. The number of nitrogens with one attached hydrogen (secondary N) is 1. The number of halogens is 2. The molecule has 0 fully saturated rings. The van der Waals surface area contributed by atoms with Gasteiger partial charge in [-0.3, -0.25) is 11.3 Å². The Morgan fingerprint density at radius 2 is 2.00 bits per heavy atom. The molecule has 1 rings (SSSR count). The van der Waals surface area contributed by atoms with E-state index in [4.69, 9.17) is 33.8 Å². The Bertz CT molecular complexity index is 369. The van der Waals surface area contributed by atoms with Gasteiger partial charge < -0.3 is 4.74 Å². The summed E-state index contributed by atoms with van der Waals surface area (Å²) in [5.74, 6) is 5.55. The highest BCUT2D eigenvalue weighted by molar-refractivity contribution is 6.33. The summed E-state index contributed by atoms with van der Waals surface area (Å²) in [5.41, 5.74) is 3.05. The molecule has 1 atom stereocenters. The minimum Gasteiger partial charge on any atom is -0.377 e. The van der Waals surface area contributed by atoms with E-state index < -0.39 is 5.60 Å². The number of ether oxygens (including phenoxy) is 1. The zero-order chi connectivity index (χ0) is 12.3. The normalized spacial score (nSPS) is 13.9. The van der Waals surface area contributed by atoms with E-state index >= 15 is 0 Å². The van der Waals surface area contributed by atoms with Crippen LogP contribution in [0.3, 0.4) is 0 Å². The second kappa shape index (κ2) is 5.34. The van der Waals surface area contributed by atoms with Crippen LogP contribution in [0.2, 0.25) is 10.0 Å². The monoisotopic (exact) mass is 262 g/mol. The first-order chi connectivity index (χ1) is 7.42. The van der Waals surface area contributed by atoms with Crippen molar-refractivity contribution in [3.05, 3.63) is 33.8 Å². The van der Waals surface area contributed by atoms with Crippen molar-refractivity contribution in [2.45, 2.75) is 25.5 Å². The van der Waals surface area contributed by atoms with Crippen molar-refractivity contribution in [1.29, 1.82) is 0 Å². The molecule has 0 bridgehead atoms. The highest BCUT2D eigenvalue weighted by atomic mass is 35.5. The van der Waals surface area contributed by atoms with E-state index in [1.807, 2.05) is 13.8 Å². The van der Waals surface area contributed by atoms with Crippen molar-refractivity contribution in [3.8, 4) is 0 Å². The van der Waals surface area contributed by atoms with Crippen LogP contribution in [0.5, 0.6) is 0 Å². The molecule has 90 valence electrons. The SMILES string of the molecule is COC(C)(C)C(NN)c1cc(Cl)ccc1Cl. The fourth-order valence-electron chi connectivity index (χ4n) is 1.52. The molecule has 1 aromatic rings. The number of rotatable bonds is 4. The Kier molecular flexibility index (Phi) is 4.59. The highest BCUT2D eigenvalue weighted by Crippen LogP contribution is 2.33. The average molecular weight is 263 g/mol. The highest BCUT2D eigenvalue weighted by Gasteiger charge is 2.31. The summed E-state index contributed by atoms with van der Waals surface area (Å²) in [4.78, 5) is 0. The number of methoxy groups -OCH3 is 1. The van der Waals surface area contributed by atoms with Crippen LogP contribution in [0.1, 0.15) is 25.5 Å². The van der Waals surface area contributed by atoms with Gasteiger partial charge in [-0.25, -0.2) is 0 Å². The molecule has 3 nitrogen and oxygen atoms in total. The largest absolute Gasteiger partial charge is 0.377 e. The predicted octanol–water partition coefficient (Wildman–Crippen LogP) is 2.92. The van der Waals surface area contributed by atoms with Crippen LogP contribution in [-0.4, -0.2) is 12.7 Å². The smallest absolute Gasteiger partial charge is 0.0830 e. The molecule has 0 heterocycles. The van der Waals surface area contributed by atoms with Gasteiger partial charge in [-0.15, -0.1) is 0 Å². The fourth-order valence-corrected chi connectivity index (χ4v) is 1.93. The van der Waals surface area contributed by atoms with Gasteiger partial charge in [0, 0.05) is 17.2 Å². The van der Waals surface area contributed by atoms with Crippen molar-refractivity contribution < 1.29 is 4.74 Å². The minimum atomic E-state index is -0.483. The van der Waals surface area contributed by atoms with E-state index in [-0.39, 0.29) is 6.04 Å². The summed E-state index contributed by atoms with van der Waals surface area (Å²) >= 11 is 12.1. The van der Waals surface area contributed by atoms with Crippen molar-refractivity contribution in [2.75, 3.05) is 7.11 Å².